The van der Waals surface area contributed by atoms with E-state index in [-0.39, 0.29) is 11.6 Å². The third kappa shape index (κ3) is 3.21. The van der Waals surface area contributed by atoms with Crippen LogP contribution in [-0.4, -0.2) is 0 Å². The Morgan fingerprint density at radius 2 is 0.714 bits per heavy atom. The molecule has 0 saturated heterocycles. The van der Waals surface area contributed by atoms with E-state index in [1.54, 1.807) is 12.1 Å². The van der Waals surface area contributed by atoms with Crippen molar-refractivity contribution >= 4 is 64.6 Å². The highest BCUT2D eigenvalue weighted by Crippen LogP contribution is 2.47. The average molecular weight is 541 g/mol. The van der Waals surface area contributed by atoms with E-state index in [9.17, 15) is 0 Å². The summed E-state index contributed by atoms with van der Waals surface area (Å²) in [5, 5.41) is 10.4. The van der Waals surface area contributed by atoms with E-state index in [4.69, 9.17) is 0 Å². The van der Waals surface area contributed by atoms with Crippen LogP contribution in [0.1, 0.15) is 0 Å². The van der Waals surface area contributed by atoms with Gasteiger partial charge in [0.25, 0.3) is 0 Å². The van der Waals surface area contributed by atoms with Gasteiger partial charge in [-0.15, -0.1) is 0 Å². The zero-order chi connectivity index (χ0) is 27.9. The largest absolute Gasteiger partial charge is 0.206 e. The Morgan fingerprint density at radius 1 is 0.310 bits per heavy atom. The fourth-order valence-corrected chi connectivity index (χ4v) is 7.02. The van der Waals surface area contributed by atoms with Gasteiger partial charge in [0.05, 0.1) is 0 Å². The molecule has 0 aliphatic heterocycles. The summed E-state index contributed by atoms with van der Waals surface area (Å²) in [5.41, 5.74) is 3.49. The van der Waals surface area contributed by atoms with Crippen LogP contribution in [-0.2, 0) is 0 Å². The third-order valence-corrected chi connectivity index (χ3v) is 8.89. The van der Waals surface area contributed by atoms with Crippen molar-refractivity contribution in [2.45, 2.75) is 0 Å². The molecule has 0 aromatic heterocycles. The van der Waals surface area contributed by atoms with Gasteiger partial charge in [-0.3, -0.25) is 0 Å². The maximum Gasteiger partial charge on any atom is 0.132 e. The molecule has 0 nitrogen and oxygen atoms in total. The lowest BCUT2D eigenvalue weighted by Crippen LogP contribution is -1.95. The van der Waals surface area contributed by atoms with Gasteiger partial charge < -0.3 is 0 Å². The lowest BCUT2D eigenvalue weighted by atomic mass is 9.84. The fraction of sp³-hybridized carbons (Fsp3) is 0. The molecule has 9 rings (SSSR count). The number of rotatable bonds is 2. The van der Waals surface area contributed by atoms with Crippen molar-refractivity contribution < 1.29 is 8.78 Å². The van der Waals surface area contributed by atoms with Gasteiger partial charge in [-0.25, -0.2) is 8.78 Å². The van der Waals surface area contributed by atoms with Crippen molar-refractivity contribution in [3.05, 3.63) is 145 Å². The SMILES string of the molecule is Fc1cc(-c2ccc3ccccc3c2)c2cccc3c4c(F)cc(-c5ccc6ccccc6c5)c5cccc(c1c23)c54. The molecule has 0 saturated carbocycles. The first-order chi connectivity index (χ1) is 20.7. The van der Waals surface area contributed by atoms with Crippen molar-refractivity contribution in [1.29, 1.82) is 0 Å². The molecule has 0 atom stereocenters. The van der Waals surface area contributed by atoms with E-state index in [1.165, 1.54) is 0 Å². The Labute approximate surface area is 240 Å². The van der Waals surface area contributed by atoms with Gasteiger partial charge in [-0.05, 0) is 89.6 Å². The van der Waals surface area contributed by atoms with E-state index in [1.807, 2.05) is 72.8 Å². The summed E-state index contributed by atoms with van der Waals surface area (Å²) < 4.78 is 32.8. The van der Waals surface area contributed by atoms with Crippen LogP contribution in [0.3, 0.4) is 0 Å². The Balaban J connectivity index is 1.40. The Kier molecular flexibility index (Phi) is 4.77. The maximum absolute atomic E-state index is 16.4. The van der Waals surface area contributed by atoms with E-state index >= 15 is 8.78 Å². The van der Waals surface area contributed by atoms with Gasteiger partial charge in [0.1, 0.15) is 11.6 Å². The molecule has 0 aliphatic rings. The molecule has 0 fully saturated rings. The van der Waals surface area contributed by atoms with Crippen molar-refractivity contribution in [2.24, 2.45) is 0 Å². The molecule has 9 aromatic rings. The van der Waals surface area contributed by atoms with Crippen molar-refractivity contribution in [2.75, 3.05) is 0 Å². The van der Waals surface area contributed by atoms with Gasteiger partial charge in [-0.2, -0.15) is 0 Å². The van der Waals surface area contributed by atoms with Gasteiger partial charge >= 0.3 is 0 Å². The molecule has 0 radical (unpaired) electrons. The minimum atomic E-state index is -0.298. The number of fused-ring (bicyclic) bond motifs is 4. The number of halogens is 2. The topological polar surface area (TPSA) is 0 Å². The van der Waals surface area contributed by atoms with Crippen LogP contribution < -0.4 is 0 Å². The van der Waals surface area contributed by atoms with Crippen LogP contribution >= 0.6 is 0 Å². The lowest BCUT2D eigenvalue weighted by molar-refractivity contribution is 0.640. The molecule has 196 valence electrons. The minimum Gasteiger partial charge on any atom is -0.206 e. The Hall–Kier alpha value is -5.34. The van der Waals surface area contributed by atoms with Gasteiger partial charge in [0.15, 0.2) is 0 Å². The highest BCUT2D eigenvalue weighted by Gasteiger charge is 2.22. The maximum atomic E-state index is 16.4. The van der Waals surface area contributed by atoms with Crippen LogP contribution in [0, 0.1) is 11.6 Å². The monoisotopic (exact) mass is 540 g/mol. The number of hydrogen-bond donors (Lipinski definition) is 0. The van der Waals surface area contributed by atoms with E-state index < -0.39 is 0 Å². The summed E-state index contributed by atoms with van der Waals surface area (Å²) in [4.78, 5) is 0. The van der Waals surface area contributed by atoms with Gasteiger partial charge in [0.2, 0.25) is 0 Å². The van der Waals surface area contributed by atoms with E-state index in [2.05, 4.69) is 48.5 Å². The summed E-state index contributed by atoms with van der Waals surface area (Å²) in [6.07, 6.45) is 0. The fourth-order valence-electron chi connectivity index (χ4n) is 7.02. The van der Waals surface area contributed by atoms with Crippen molar-refractivity contribution in [1.82, 2.24) is 0 Å². The number of benzene rings is 9. The Morgan fingerprint density at radius 3 is 1.17 bits per heavy atom. The molecule has 9 aromatic carbocycles. The smallest absolute Gasteiger partial charge is 0.132 e. The first kappa shape index (κ1) is 23.4. The normalized spacial score (nSPS) is 12.0. The molecule has 42 heavy (non-hydrogen) atoms. The molecule has 0 amide bonds. The van der Waals surface area contributed by atoms with E-state index in [0.29, 0.717) is 10.8 Å². The molecule has 2 heteroatoms. The third-order valence-electron chi connectivity index (χ3n) is 8.89. The summed E-state index contributed by atoms with van der Waals surface area (Å²) in [6, 6.07) is 43.9. The zero-order valence-corrected chi connectivity index (χ0v) is 22.5. The van der Waals surface area contributed by atoms with Crippen LogP contribution in [0.5, 0.6) is 0 Å². The highest BCUT2D eigenvalue weighted by atomic mass is 19.1. The highest BCUT2D eigenvalue weighted by molar-refractivity contribution is 6.35. The summed E-state index contributed by atoms with van der Waals surface area (Å²) >= 11 is 0. The molecule has 0 aliphatic carbocycles. The minimum absolute atomic E-state index is 0.298. The quantitative estimate of drug-likeness (QED) is 0.151. The summed E-state index contributed by atoms with van der Waals surface area (Å²) in [7, 11) is 0. The predicted octanol–water partition coefficient (Wildman–Crippen LogP) is 11.7. The molecular formula is C40H22F2. The average Bonchev–Trinajstić information content (AvgIpc) is 3.03. The van der Waals surface area contributed by atoms with Crippen LogP contribution in [0.25, 0.3) is 86.9 Å². The standard InChI is InChI=1S/C40H22F2/c41-35-21-33(27-17-15-23-7-1-3-9-25(23)19-27)29-11-5-13-31-37(29)39(35)32-14-6-12-30-34(22-36(42)40(31)38(30)32)28-18-16-24-8-2-4-10-26(24)20-28/h1-22H. The first-order valence-electron chi connectivity index (χ1n) is 14.2. The second-order valence-electron chi connectivity index (χ2n) is 11.1. The van der Waals surface area contributed by atoms with Crippen molar-refractivity contribution in [3.63, 3.8) is 0 Å². The predicted molar refractivity (Wildman–Crippen MR) is 173 cm³/mol. The van der Waals surface area contributed by atoms with Crippen LogP contribution in [0.15, 0.2) is 133 Å². The van der Waals surface area contributed by atoms with Crippen molar-refractivity contribution in [3.8, 4) is 22.3 Å². The zero-order valence-electron chi connectivity index (χ0n) is 22.5. The summed E-state index contributed by atoms with van der Waals surface area (Å²) in [5.74, 6) is -0.597. The first-order valence-corrected chi connectivity index (χ1v) is 14.2. The lowest BCUT2D eigenvalue weighted by Gasteiger charge is -2.19. The molecule has 0 N–H and O–H groups in total. The number of hydrogen-bond acceptors (Lipinski definition) is 0. The molecule has 0 spiro atoms. The molecule has 0 unspecified atom stereocenters. The molecular weight excluding hydrogens is 518 g/mol. The van der Waals surface area contributed by atoms with Crippen LogP contribution in [0.4, 0.5) is 8.78 Å². The summed E-state index contributed by atoms with van der Waals surface area (Å²) in [6.45, 7) is 0. The van der Waals surface area contributed by atoms with Crippen LogP contribution in [0.2, 0.25) is 0 Å². The Bertz CT molecular complexity index is 2360. The molecule has 0 heterocycles. The second kappa shape index (κ2) is 8.58. The van der Waals surface area contributed by atoms with Gasteiger partial charge in [0, 0.05) is 21.5 Å². The molecule has 0 bridgehead atoms. The second-order valence-corrected chi connectivity index (χ2v) is 11.1. The van der Waals surface area contributed by atoms with E-state index in [0.717, 1.165) is 76.1 Å². The van der Waals surface area contributed by atoms with Gasteiger partial charge in [-0.1, -0.05) is 109 Å².